The minimum absolute atomic E-state index is 0.00307. The molecule has 1 unspecified atom stereocenters. The average Bonchev–Trinajstić information content (AvgIpc) is 3.13. The molecule has 1 atom stereocenters. The van der Waals surface area contributed by atoms with Crippen molar-refractivity contribution < 1.29 is 24.2 Å². The van der Waals surface area contributed by atoms with Crippen molar-refractivity contribution in [3.05, 3.63) is 88.5 Å². The molecule has 3 aromatic rings. The number of rotatable bonds is 7. The standard InChI is InChI=1S/C31H34N2O5/c1-18(2)38-24-10-8-9-21(17-24)27-26(28(34)25-16-19(3)15-20(4)30(25)37-7)29(35)31(36)33(27)23-13-11-22(12-14-23)32(5)6/h8-18,27,34H,1-7H3/b28-26+. The monoisotopic (exact) mass is 514 g/mol. The predicted octanol–water partition coefficient (Wildman–Crippen LogP) is 5.79. The van der Waals surface area contributed by atoms with E-state index in [1.807, 2.05) is 89.2 Å². The highest BCUT2D eigenvalue weighted by molar-refractivity contribution is 6.51. The van der Waals surface area contributed by atoms with Gasteiger partial charge in [-0.15, -0.1) is 0 Å². The van der Waals surface area contributed by atoms with Crippen molar-refractivity contribution in [1.82, 2.24) is 0 Å². The molecule has 1 aliphatic heterocycles. The number of Topliss-reactive ketones (excluding diaryl/α,β-unsaturated/α-hetero) is 1. The van der Waals surface area contributed by atoms with Crippen molar-refractivity contribution >= 4 is 28.8 Å². The molecular formula is C31H34N2O5. The summed E-state index contributed by atoms with van der Waals surface area (Å²) in [6, 6.07) is 17.5. The van der Waals surface area contributed by atoms with Gasteiger partial charge >= 0.3 is 0 Å². The highest BCUT2D eigenvalue weighted by atomic mass is 16.5. The van der Waals surface area contributed by atoms with Gasteiger partial charge in [0, 0.05) is 25.5 Å². The van der Waals surface area contributed by atoms with Crippen LogP contribution >= 0.6 is 0 Å². The molecule has 198 valence electrons. The zero-order valence-electron chi connectivity index (χ0n) is 22.9. The molecule has 1 N–H and O–H groups in total. The Kier molecular flexibility index (Phi) is 7.49. The second kappa shape index (κ2) is 10.6. The number of anilines is 2. The number of aliphatic hydroxyl groups excluding tert-OH is 1. The van der Waals surface area contributed by atoms with Crippen LogP contribution in [0.1, 0.15) is 42.1 Å². The van der Waals surface area contributed by atoms with E-state index in [4.69, 9.17) is 9.47 Å². The van der Waals surface area contributed by atoms with E-state index in [0.717, 1.165) is 16.8 Å². The van der Waals surface area contributed by atoms with Crippen LogP contribution in [-0.4, -0.2) is 44.1 Å². The first-order valence-corrected chi connectivity index (χ1v) is 12.5. The van der Waals surface area contributed by atoms with Crippen LogP contribution in [0.3, 0.4) is 0 Å². The molecule has 0 aromatic heterocycles. The molecule has 7 nitrogen and oxygen atoms in total. The van der Waals surface area contributed by atoms with E-state index in [9.17, 15) is 14.7 Å². The Morgan fingerprint density at radius 1 is 1.00 bits per heavy atom. The first-order chi connectivity index (χ1) is 18.0. The lowest BCUT2D eigenvalue weighted by atomic mass is 9.93. The molecule has 1 amide bonds. The van der Waals surface area contributed by atoms with E-state index in [2.05, 4.69) is 0 Å². The first kappa shape index (κ1) is 26.8. The lowest BCUT2D eigenvalue weighted by molar-refractivity contribution is -0.132. The van der Waals surface area contributed by atoms with Gasteiger partial charge in [-0.05, 0) is 86.8 Å². The molecule has 7 heteroatoms. The molecule has 1 saturated heterocycles. The fourth-order valence-corrected chi connectivity index (χ4v) is 4.90. The van der Waals surface area contributed by atoms with Crippen LogP contribution in [0, 0.1) is 13.8 Å². The number of carbonyl (C=O) groups excluding carboxylic acids is 2. The summed E-state index contributed by atoms with van der Waals surface area (Å²) in [6.07, 6.45) is -0.0604. The highest BCUT2D eigenvalue weighted by Gasteiger charge is 2.47. The molecular weight excluding hydrogens is 480 g/mol. The number of aryl methyl sites for hydroxylation is 2. The molecule has 3 aromatic carbocycles. The van der Waals surface area contributed by atoms with Crippen molar-refractivity contribution in [2.24, 2.45) is 0 Å². The van der Waals surface area contributed by atoms with E-state index < -0.39 is 17.7 Å². The van der Waals surface area contributed by atoms with Crippen molar-refractivity contribution in [2.45, 2.75) is 39.8 Å². The van der Waals surface area contributed by atoms with Crippen LogP contribution in [0.5, 0.6) is 11.5 Å². The van der Waals surface area contributed by atoms with Gasteiger partial charge in [-0.2, -0.15) is 0 Å². The summed E-state index contributed by atoms with van der Waals surface area (Å²) < 4.78 is 11.5. The van der Waals surface area contributed by atoms with Crippen LogP contribution < -0.4 is 19.3 Å². The number of ether oxygens (including phenoxy) is 2. The lowest BCUT2D eigenvalue weighted by Crippen LogP contribution is -2.29. The Labute approximate surface area is 223 Å². The minimum atomic E-state index is -0.874. The highest BCUT2D eigenvalue weighted by Crippen LogP contribution is 2.44. The van der Waals surface area contributed by atoms with E-state index in [0.29, 0.717) is 28.3 Å². The number of methoxy groups -OCH3 is 1. The molecule has 38 heavy (non-hydrogen) atoms. The minimum Gasteiger partial charge on any atom is -0.507 e. The number of hydrogen-bond acceptors (Lipinski definition) is 6. The number of nitrogens with zero attached hydrogens (tertiary/aromatic N) is 2. The maximum Gasteiger partial charge on any atom is 0.300 e. The second-order valence-electron chi connectivity index (χ2n) is 9.98. The first-order valence-electron chi connectivity index (χ1n) is 12.5. The maximum atomic E-state index is 13.6. The third-order valence-corrected chi connectivity index (χ3v) is 6.51. The van der Waals surface area contributed by atoms with E-state index in [1.54, 1.807) is 18.2 Å². The van der Waals surface area contributed by atoms with Crippen LogP contribution in [0.2, 0.25) is 0 Å². The summed E-state index contributed by atoms with van der Waals surface area (Å²) in [5, 5.41) is 11.7. The molecule has 1 fully saturated rings. The number of hydrogen-bond donors (Lipinski definition) is 1. The lowest BCUT2D eigenvalue weighted by Gasteiger charge is -2.26. The zero-order valence-corrected chi connectivity index (χ0v) is 22.9. The third kappa shape index (κ3) is 4.96. The topological polar surface area (TPSA) is 79.3 Å². The van der Waals surface area contributed by atoms with Crippen LogP contribution in [0.15, 0.2) is 66.2 Å². The summed E-state index contributed by atoms with van der Waals surface area (Å²) in [6.45, 7) is 7.63. The largest absolute Gasteiger partial charge is 0.507 e. The zero-order chi connectivity index (χ0) is 27.7. The third-order valence-electron chi connectivity index (χ3n) is 6.51. The summed E-state index contributed by atoms with van der Waals surface area (Å²) in [7, 11) is 5.38. The molecule has 0 saturated carbocycles. The molecule has 0 radical (unpaired) electrons. The van der Waals surface area contributed by atoms with E-state index in [1.165, 1.54) is 12.0 Å². The van der Waals surface area contributed by atoms with Crippen molar-refractivity contribution in [2.75, 3.05) is 31.0 Å². The normalized spacial score (nSPS) is 16.7. The Balaban J connectivity index is 1.97. The van der Waals surface area contributed by atoms with Crippen LogP contribution in [0.4, 0.5) is 11.4 Å². The Hall–Kier alpha value is -4.26. The van der Waals surface area contributed by atoms with Gasteiger partial charge in [0.2, 0.25) is 0 Å². The summed E-state index contributed by atoms with van der Waals surface area (Å²) >= 11 is 0. The fraction of sp³-hybridized carbons (Fsp3) is 0.290. The second-order valence-corrected chi connectivity index (χ2v) is 9.98. The fourth-order valence-electron chi connectivity index (χ4n) is 4.90. The van der Waals surface area contributed by atoms with E-state index >= 15 is 0 Å². The van der Waals surface area contributed by atoms with Crippen LogP contribution in [-0.2, 0) is 9.59 Å². The van der Waals surface area contributed by atoms with Crippen molar-refractivity contribution in [1.29, 1.82) is 0 Å². The van der Waals surface area contributed by atoms with Gasteiger partial charge in [0.15, 0.2) is 0 Å². The number of benzene rings is 3. The Morgan fingerprint density at radius 2 is 1.68 bits per heavy atom. The smallest absolute Gasteiger partial charge is 0.300 e. The van der Waals surface area contributed by atoms with Gasteiger partial charge in [-0.3, -0.25) is 14.5 Å². The summed E-state index contributed by atoms with van der Waals surface area (Å²) in [4.78, 5) is 30.6. The van der Waals surface area contributed by atoms with Crippen molar-refractivity contribution in [3.63, 3.8) is 0 Å². The number of aliphatic hydroxyl groups is 1. The average molecular weight is 515 g/mol. The van der Waals surface area contributed by atoms with Gasteiger partial charge in [0.05, 0.1) is 30.4 Å². The Bertz CT molecular complexity index is 1410. The molecule has 1 heterocycles. The molecule has 0 aliphatic carbocycles. The van der Waals surface area contributed by atoms with Crippen LogP contribution in [0.25, 0.3) is 5.76 Å². The van der Waals surface area contributed by atoms with Gasteiger partial charge < -0.3 is 19.5 Å². The summed E-state index contributed by atoms with van der Waals surface area (Å²) in [5.74, 6) is -0.701. The Morgan fingerprint density at radius 3 is 2.29 bits per heavy atom. The quantitative estimate of drug-likeness (QED) is 0.244. The number of carbonyl (C=O) groups is 2. The molecule has 4 rings (SSSR count). The number of amides is 1. The predicted molar refractivity (Wildman–Crippen MR) is 150 cm³/mol. The van der Waals surface area contributed by atoms with E-state index in [-0.39, 0.29) is 17.4 Å². The number of ketones is 1. The SMILES string of the molecule is COc1c(C)cc(C)cc1/C(O)=C1\C(=O)C(=O)N(c2ccc(N(C)C)cc2)C1c1cccc(OC(C)C)c1. The maximum absolute atomic E-state index is 13.6. The van der Waals surface area contributed by atoms with Gasteiger partial charge in [-0.1, -0.05) is 18.2 Å². The molecule has 0 bridgehead atoms. The van der Waals surface area contributed by atoms with Crippen molar-refractivity contribution in [3.8, 4) is 11.5 Å². The van der Waals surface area contributed by atoms with Gasteiger partial charge in [-0.25, -0.2) is 0 Å². The molecule has 1 aliphatic rings. The van der Waals surface area contributed by atoms with Gasteiger partial charge in [0.1, 0.15) is 17.3 Å². The molecule has 0 spiro atoms. The summed E-state index contributed by atoms with van der Waals surface area (Å²) in [5.41, 5.74) is 4.21. The van der Waals surface area contributed by atoms with Gasteiger partial charge in [0.25, 0.3) is 11.7 Å².